The summed E-state index contributed by atoms with van der Waals surface area (Å²) >= 11 is 1.30. The minimum absolute atomic E-state index is 0.0426. The fourth-order valence-electron chi connectivity index (χ4n) is 2.91. The Morgan fingerprint density at radius 3 is 2.52 bits per heavy atom. The first-order valence-corrected chi connectivity index (χ1v) is 10.5. The number of nitrogens with zero attached hydrogens (tertiary/aromatic N) is 1. The molecule has 0 bridgehead atoms. The van der Waals surface area contributed by atoms with E-state index in [-0.39, 0.29) is 23.7 Å². The van der Waals surface area contributed by atoms with E-state index in [1.807, 2.05) is 37.3 Å². The maximum absolute atomic E-state index is 12.7. The van der Waals surface area contributed by atoms with Crippen molar-refractivity contribution in [3.8, 4) is 11.5 Å². The zero-order valence-corrected chi connectivity index (χ0v) is 17.4. The maximum Gasteiger partial charge on any atom is 0.266 e. The molecule has 150 valence electrons. The summed E-state index contributed by atoms with van der Waals surface area (Å²) in [6.07, 6.45) is 3.65. The number of benzene rings is 1. The van der Waals surface area contributed by atoms with Crippen molar-refractivity contribution in [2.24, 2.45) is 5.92 Å². The smallest absolute Gasteiger partial charge is 0.266 e. The first-order chi connectivity index (χ1) is 13.9. The lowest BCUT2D eigenvalue weighted by Gasteiger charge is -2.05. The van der Waals surface area contributed by atoms with Crippen LogP contribution in [-0.4, -0.2) is 16.8 Å². The van der Waals surface area contributed by atoms with E-state index >= 15 is 0 Å². The Bertz CT molecular complexity index is 1050. The van der Waals surface area contributed by atoms with Gasteiger partial charge in [-0.25, -0.2) is 4.98 Å². The van der Waals surface area contributed by atoms with Crippen molar-refractivity contribution < 1.29 is 14.0 Å². The molecule has 29 heavy (non-hydrogen) atoms. The second-order valence-electron chi connectivity index (χ2n) is 7.64. The molecular formula is C22H23N3O3S. The maximum atomic E-state index is 12.7. The Balaban J connectivity index is 1.42. The summed E-state index contributed by atoms with van der Waals surface area (Å²) in [7, 11) is 0. The monoisotopic (exact) mass is 409 g/mol. The lowest BCUT2D eigenvalue weighted by Crippen LogP contribution is -2.12. The predicted molar refractivity (Wildman–Crippen MR) is 114 cm³/mol. The number of oxazole rings is 1. The molecule has 1 saturated carbocycles. The number of rotatable bonds is 6. The molecule has 1 aromatic carbocycles. The first-order valence-electron chi connectivity index (χ1n) is 9.69. The van der Waals surface area contributed by atoms with Crippen LogP contribution in [0.4, 0.5) is 10.7 Å². The summed E-state index contributed by atoms with van der Waals surface area (Å²) in [5.41, 5.74) is 2.38. The number of aryl methyl sites for hydroxylation is 1. The van der Waals surface area contributed by atoms with E-state index in [1.54, 1.807) is 6.20 Å². The summed E-state index contributed by atoms with van der Waals surface area (Å²) in [4.78, 5) is 29.5. The van der Waals surface area contributed by atoms with E-state index in [9.17, 15) is 9.59 Å². The van der Waals surface area contributed by atoms with Crippen LogP contribution in [0.15, 0.2) is 40.9 Å². The number of amides is 2. The van der Waals surface area contributed by atoms with Gasteiger partial charge in [0.05, 0.1) is 16.1 Å². The molecule has 0 atom stereocenters. The Morgan fingerprint density at radius 2 is 1.90 bits per heavy atom. The van der Waals surface area contributed by atoms with E-state index in [0.29, 0.717) is 21.5 Å². The average molecular weight is 410 g/mol. The Labute approximate surface area is 173 Å². The number of carbonyl (C=O) groups is 2. The van der Waals surface area contributed by atoms with E-state index < -0.39 is 0 Å². The van der Waals surface area contributed by atoms with Crippen molar-refractivity contribution >= 4 is 33.8 Å². The van der Waals surface area contributed by atoms with Crippen molar-refractivity contribution in [2.45, 2.75) is 39.5 Å². The van der Waals surface area contributed by atoms with Crippen molar-refractivity contribution in [2.75, 3.05) is 10.6 Å². The molecule has 0 radical (unpaired) electrons. The summed E-state index contributed by atoms with van der Waals surface area (Å²) < 4.78 is 5.76. The zero-order valence-electron chi connectivity index (χ0n) is 16.6. The molecule has 7 heteroatoms. The van der Waals surface area contributed by atoms with E-state index in [0.717, 1.165) is 29.7 Å². The average Bonchev–Trinajstić information content (AvgIpc) is 3.31. The summed E-state index contributed by atoms with van der Waals surface area (Å²) in [6, 6.07) is 9.23. The second kappa shape index (κ2) is 7.83. The van der Waals surface area contributed by atoms with Gasteiger partial charge in [0, 0.05) is 23.1 Å². The molecule has 0 spiro atoms. The van der Waals surface area contributed by atoms with Crippen LogP contribution in [0, 0.1) is 12.8 Å². The molecular weight excluding hydrogens is 386 g/mol. The van der Waals surface area contributed by atoms with Gasteiger partial charge in [-0.15, -0.1) is 11.3 Å². The second-order valence-corrected chi connectivity index (χ2v) is 8.69. The molecule has 6 nitrogen and oxygen atoms in total. The molecule has 2 N–H and O–H groups in total. The quantitative estimate of drug-likeness (QED) is 0.568. The molecule has 2 heterocycles. The topological polar surface area (TPSA) is 84.2 Å². The molecule has 1 aliphatic carbocycles. The molecule has 2 amide bonds. The van der Waals surface area contributed by atoms with Gasteiger partial charge in [-0.3, -0.25) is 9.59 Å². The van der Waals surface area contributed by atoms with Crippen LogP contribution < -0.4 is 10.6 Å². The van der Waals surface area contributed by atoms with Gasteiger partial charge < -0.3 is 15.1 Å². The number of carbonyl (C=O) groups excluding carboxylic acids is 2. The summed E-state index contributed by atoms with van der Waals surface area (Å²) in [5.74, 6) is 1.68. The van der Waals surface area contributed by atoms with Gasteiger partial charge in [0.2, 0.25) is 11.8 Å². The van der Waals surface area contributed by atoms with Crippen LogP contribution in [0.25, 0.3) is 11.5 Å². The van der Waals surface area contributed by atoms with Crippen molar-refractivity contribution in [1.82, 2.24) is 4.98 Å². The predicted octanol–water partition coefficient (Wildman–Crippen LogP) is 5.44. The van der Waals surface area contributed by atoms with E-state index in [4.69, 9.17) is 4.42 Å². The third-order valence-corrected chi connectivity index (χ3v) is 5.95. The highest BCUT2D eigenvalue weighted by atomic mass is 32.1. The standard InChI is InChI=1S/C22H23N3O3S/c1-12(2)17-11-23-22(28-17)15-6-8-16(9-7-15)24-21(27)19-13(3)10-18(29-19)25-20(26)14-4-5-14/h6-12,14H,4-5H2,1-3H3,(H,24,27)(H,25,26). The molecule has 2 aromatic heterocycles. The van der Waals surface area contributed by atoms with Crippen LogP contribution in [-0.2, 0) is 4.79 Å². The number of nitrogens with one attached hydrogen (secondary N) is 2. The van der Waals surface area contributed by atoms with Crippen LogP contribution >= 0.6 is 11.3 Å². The minimum atomic E-state index is -0.189. The van der Waals surface area contributed by atoms with Gasteiger partial charge in [0.1, 0.15) is 5.76 Å². The van der Waals surface area contributed by atoms with Crippen LogP contribution in [0.1, 0.15) is 53.6 Å². The minimum Gasteiger partial charge on any atom is -0.441 e. The van der Waals surface area contributed by atoms with E-state index in [1.165, 1.54) is 11.3 Å². The lowest BCUT2D eigenvalue weighted by molar-refractivity contribution is -0.117. The number of aromatic nitrogens is 1. The number of hydrogen-bond donors (Lipinski definition) is 2. The van der Waals surface area contributed by atoms with Gasteiger partial charge in [-0.1, -0.05) is 13.8 Å². The lowest BCUT2D eigenvalue weighted by atomic mass is 10.2. The van der Waals surface area contributed by atoms with Crippen LogP contribution in [0.2, 0.25) is 0 Å². The summed E-state index contributed by atoms with van der Waals surface area (Å²) in [6.45, 7) is 5.98. The van der Waals surface area contributed by atoms with Crippen molar-refractivity contribution in [3.05, 3.63) is 52.7 Å². The van der Waals surface area contributed by atoms with E-state index in [2.05, 4.69) is 29.5 Å². The van der Waals surface area contributed by atoms with Crippen LogP contribution in [0.5, 0.6) is 0 Å². The SMILES string of the molecule is Cc1cc(NC(=O)C2CC2)sc1C(=O)Nc1ccc(-c2ncc(C(C)C)o2)cc1. The third kappa shape index (κ3) is 4.40. The van der Waals surface area contributed by atoms with Gasteiger partial charge >= 0.3 is 0 Å². The number of hydrogen-bond acceptors (Lipinski definition) is 5. The Morgan fingerprint density at radius 1 is 1.17 bits per heavy atom. The number of thiophene rings is 1. The molecule has 0 saturated heterocycles. The Hall–Kier alpha value is -2.93. The highest BCUT2D eigenvalue weighted by molar-refractivity contribution is 7.18. The van der Waals surface area contributed by atoms with Crippen LogP contribution in [0.3, 0.4) is 0 Å². The van der Waals surface area contributed by atoms with Gasteiger partial charge in [-0.2, -0.15) is 0 Å². The molecule has 3 aromatic rings. The summed E-state index contributed by atoms with van der Waals surface area (Å²) in [5, 5.41) is 6.52. The Kier molecular flexibility index (Phi) is 5.24. The highest BCUT2D eigenvalue weighted by Gasteiger charge is 2.30. The molecule has 4 rings (SSSR count). The van der Waals surface area contributed by atoms with Gasteiger partial charge in [0.15, 0.2) is 0 Å². The largest absolute Gasteiger partial charge is 0.441 e. The fourth-order valence-corrected chi connectivity index (χ4v) is 3.88. The molecule has 0 aliphatic heterocycles. The molecule has 1 aliphatic rings. The zero-order chi connectivity index (χ0) is 20.5. The molecule has 0 unspecified atom stereocenters. The van der Waals surface area contributed by atoms with Gasteiger partial charge in [-0.05, 0) is 55.7 Å². The molecule has 1 fully saturated rings. The highest BCUT2D eigenvalue weighted by Crippen LogP contribution is 2.33. The third-order valence-electron chi connectivity index (χ3n) is 4.80. The van der Waals surface area contributed by atoms with Gasteiger partial charge in [0.25, 0.3) is 5.91 Å². The fraction of sp³-hybridized carbons (Fsp3) is 0.318. The normalized spacial score (nSPS) is 13.5. The van der Waals surface area contributed by atoms with Crippen molar-refractivity contribution in [3.63, 3.8) is 0 Å². The number of anilines is 2. The van der Waals surface area contributed by atoms with Crippen molar-refractivity contribution in [1.29, 1.82) is 0 Å². The first kappa shape index (κ1) is 19.4.